The Morgan fingerprint density at radius 1 is 0.927 bits per heavy atom. The highest BCUT2D eigenvalue weighted by Crippen LogP contribution is 2.68. The molecule has 0 saturated carbocycles. The van der Waals surface area contributed by atoms with E-state index in [1.165, 1.54) is 0 Å². The number of fused-ring (bicyclic) bond motifs is 2. The molecule has 0 unspecified atom stereocenters. The average Bonchev–Trinajstić information content (AvgIpc) is 3.65. The molecular weight excluding hydrogens is 522 g/mol. The largest absolute Gasteiger partial charge is 0.497 e. The Labute approximate surface area is 237 Å². The second-order valence-electron chi connectivity index (χ2n) is 11.4. The molecule has 5 aliphatic rings. The molecule has 0 spiro atoms. The van der Waals surface area contributed by atoms with Gasteiger partial charge in [-0.05, 0) is 68.3 Å². The molecule has 41 heavy (non-hydrogen) atoms. The van der Waals surface area contributed by atoms with Crippen molar-refractivity contribution in [3.63, 3.8) is 0 Å². The summed E-state index contributed by atoms with van der Waals surface area (Å²) in [6.07, 6.45) is 0.437. The Balaban J connectivity index is 1.30. The Kier molecular flexibility index (Phi) is 5.10. The van der Waals surface area contributed by atoms with Gasteiger partial charge in [0.1, 0.15) is 29.1 Å². The molecule has 0 radical (unpaired) electrons. The predicted octanol–water partition coefficient (Wildman–Crippen LogP) is 3.49. The fourth-order valence-electron chi connectivity index (χ4n) is 8.17. The zero-order valence-electron chi connectivity index (χ0n) is 22.5. The van der Waals surface area contributed by atoms with Crippen LogP contribution < -0.4 is 19.7 Å². The van der Waals surface area contributed by atoms with E-state index in [1.807, 2.05) is 42.5 Å². The third kappa shape index (κ3) is 2.96. The number of esters is 1. The summed E-state index contributed by atoms with van der Waals surface area (Å²) in [5.74, 6) is 0.253. The number of ether oxygens (including phenoxy) is 3. The molecule has 4 fully saturated rings. The first-order valence-corrected chi connectivity index (χ1v) is 14.1. The lowest BCUT2D eigenvalue weighted by molar-refractivity contribution is -0.156. The lowest BCUT2D eigenvalue weighted by atomic mass is 9.59. The number of carbonyl (C=O) groups excluding carboxylic acids is 3. The summed E-state index contributed by atoms with van der Waals surface area (Å²) in [5.41, 5.74) is -0.489. The van der Waals surface area contributed by atoms with Crippen LogP contribution in [-0.2, 0) is 24.7 Å². The van der Waals surface area contributed by atoms with Crippen LogP contribution in [0, 0.1) is 5.41 Å². The van der Waals surface area contributed by atoms with E-state index in [9.17, 15) is 14.4 Å². The molecule has 5 aliphatic heterocycles. The van der Waals surface area contributed by atoms with E-state index in [0.29, 0.717) is 35.8 Å². The van der Waals surface area contributed by atoms with Crippen LogP contribution in [0.3, 0.4) is 0 Å². The van der Waals surface area contributed by atoms with Gasteiger partial charge in [0.2, 0.25) is 12.0 Å². The summed E-state index contributed by atoms with van der Waals surface area (Å²) in [4.78, 5) is 46.4. The van der Waals surface area contributed by atoms with E-state index in [1.54, 1.807) is 48.4 Å². The summed E-state index contributed by atoms with van der Waals surface area (Å²) in [6, 6.07) is 23.2. The Morgan fingerprint density at radius 2 is 1.68 bits per heavy atom. The third-order valence-corrected chi connectivity index (χ3v) is 9.75. The maximum atomic E-state index is 14.4. The third-order valence-electron chi connectivity index (χ3n) is 9.75. The lowest BCUT2D eigenvalue weighted by Crippen LogP contribution is -2.75. The van der Waals surface area contributed by atoms with Crippen molar-refractivity contribution in [1.29, 1.82) is 0 Å². The van der Waals surface area contributed by atoms with E-state index in [4.69, 9.17) is 14.2 Å². The standard InChI is InChI=1S/C32H29N3O6/c1-39-21-15-13-19(14-16-21)35-25(26(28(35)36)40-22-9-3-2-4-10-22)27-31-18-20-8-7-17-34(20)32(31,30(38)41-27)23-11-5-6-12-24(23)33-29(31)37/h2-6,9-16,20,25-27H,7-8,17-18H2,1H3,(H,33,37)/t20-,25-,26+,27+,31+,32-/m0/s1. The Hall–Kier alpha value is -4.37. The maximum Gasteiger partial charge on any atom is 0.333 e. The van der Waals surface area contributed by atoms with Crippen LogP contribution in [0.25, 0.3) is 0 Å². The molecule has 9 heteroatoms. The second kappa shape index (κ2) is 8.57. The number of rotatable bonds is 5. The molecule has 0 aliphatic carbocycles. The van der Waals surface area contributed by atoms with Crippen LogP contribution in [0.15, 0.2) is 78.9 Å². The molecule has 5 heterocycles. The molecule has 1 N–H and O–H groups in total. The Morgan fingerprint density at radius 3 is 2.46 bits per heavy atom. The lowest BCUT2D eigenvalue weighted by Gasteiger charge is -2.53. The maximum absolute atomic E-state index is 14.4. The van der Waals surface area contributed by atoms with E-state index in [0.717, 1.165) is 18.4 Å². The highest BCUT2D eigenvalue weighted by molar-refractivity contribution is 6.11. The topological polar surface area (TPSA) is 97.4 Å². The van der Waals surface area contributed by atoms with Crippen molar-refractivity contribution >= 4 is 29.2 Å². The van der Waals surface area contributed by atoms with Gasteiger partial charge >= 0.3 is 5.97 Å². The van der Waals surface area contributed by atoms with Crippen molar-refractivity contribution in [3.05, 3.63) is 84.4 Å². The van der Waals surface area contributed by atoms with Crippen LogP contribution in [0.5, 0.6) is 11.5 Å². The van der Waals surface area contributed by atoms with Gasteiger partial charge in [-0.1, -0.05) is 36.4 Å². The molecular formula is C32H29N3O6. The fraction of sp³-hybridized carbons (Fsp3) is 0.344. The van der Waals surface area contributed by atoms with E-state index >= 15 is 0 Å². The summed E-state index contributed by atoms with van der Waals surface area (Å²) < 4.78 is 18.0. The number of amides is 2. The van der Waals surface area contributed by atoms with Crippen LogP contribution in [0.2, 0.25) is 0 Å². The average molecular weight is 552 g/mol. The number of benzene rings is 3. The van der Waals surface area contributed by atoms with Gasteiger partial charge in [0, 0.05) is 23.0 Å². The molecule has 3 aromatic carbocycles. The predicted molar refractivity (Wildman–Crippen MR) is 149 cm³/mol. The Bertz CT molecular complexity index is 1580. The number of methoxy groups -OCH3 is 1. The normalized spacial score (nSPS) is 33.2. The SMILES string of the molecule is COc1ccc(N2C(=O)[C@H](Oc3ccccc3)[C@H]2[C@H]2OC(=O)[C@@]34c5ccccc5NC(=O)[C@@]23C[C@@H]2CCCN24)cc1. The van der Waals surface area contributed by atoms with Gasteiger partial charge in [-0.15, -0.1) is 0 Å². The summed E-state index contributed by atoms with van der Waals surface area (Å²) in [7, 11) is 1.58. The van der Waals surface area contributed by atoms with Crippen molar-refractivity contribution < 1.29 is 28.6 Å². The van der Waals surface area contributed by atoms with Gasteiger partial charge in [-0.25, -0.2) is 4.79 Å². The number of para-hydroxylation sites is 2. The van der Waals surface area contributed by atoms with Crippen molar-refractivity contribution in [1.82, 2.24) is 4.90 Å². The first-order valence-electron chi connectivity index (χ1n) is 14.1. The van der Waals surface area contributed by atoms with Gasteiger partial charge in [0.05, 0.1) is 7.11 Å². The molecule has 208 valence electrons. The van der Waals surface area contributed by atoms with Gasteiger partial charge in [0.15, 0.2) is 5.54 Å². The van der Waals surface area contributed by atoms with Crippen molar-refractivity contribution in [2.24, 2.45) is 5.41 Å². The smallest absolute Gasteiger partial charge is 0.333 e. The van der Waals surface area contributed by atoms with Crippen LogP contribution >= 0.6 is 0 Å². The second-order valence-corrected chi connectivity index (χ2v) is 11.4. The molecule has 9 nitrogen and oxygen atoms in total. The van der Waals surface area contributed by atoms with E-state index < -0.39 is 35.2 Å². The van der Waals surface area contributed by atoms with Crippen molar-refractivity contribution in [3.8, 4) is 11.5 Å². The minimum Gasteiger partial charge on any atom is -0.497 e. The van der Waals surface area contributed by atoms with Gasteiger partial charge < -0.3 is 19.5 Å². The van der Waals surface area contributed by atoms with Crippen LogP contribution in [0.4, 0.5) is 11.4 Å². The number of anilines is 2. The number of nitrogens with zero attached hydrogens (tertiary/aromatic N) is 2. The molecule has 6 atom stereocenters. The van der Waals surface area contributed by atoms with Gasteiger partial charge in [-0.2, -0.15) is 0 Å². The minimum atomic E-state index is -1.26. The number of hydrogen-bond acceptors (Lipinski definition) is 7. The van der Waals surface area contributed by atoms with E-state index in [-0.39, 0.29) is 17.9 Å². The monoisotopic (exact) mass is 551 g/mol. The molecule has 4 saturated heterocycles. The number of hydrogen-bond donors (Lipinski definition) is 1. The molecule has 8 rings (SSSR count). The number of cyclic esters (lactones) is 1. The first-order chi connectivity index (χ1) is 20.0. The summed E-state index contributed by atoms with van der Waals surface area (Å²) >= 11 is 0. The number of nitrogens with one attached hydrogen (secondary N) is 1. The van der Waals surface area contributed by atoms with Crippen LogP contribution in [-0.4, -0.2) is 60.6 Å². The van der Waals surface area contributed by atoms with Crippen molar-refractivity contribution in [2.45, 2.75) is 49.1 Å². The minimum absolute atomic E-state index is 0.0564. The highest BCUT2D eigenvalue weighted by atomic mass is 16.6. The quantitative estimate of drug-likeness (QED) is 0.383. The molecule has 2 amide bonds. The van der Waals surface area contributed by atoms with E-state index in [2.05, 4.69) is 10.2 Å². The summed E-state index contributed by atoms with van der Waals surface area (Å²) in [6.45, 7) is 0.700. The first kappa shape index (κ1) is 24.4. The van der Waals surface area contributed by atoms with Gasteiger partial charge in [0.25, 0.3) is 5.91 Å². The molecule has 0 bridgehead atoms. The zero-order chi connectivity index (χ0) is 27.9. The zero-order valence-corrected chi connectivity index (χ0v) is 22.5. The molecule has 3 aromatic rings. The van der Waals surface area contributed by atoms with Crippen molar-refractivity contribution in [2.75, 3.05) is 23.9 Å². The summed E-state index contributed by atoms with van der Waals surface area (Å²) in [5, 5.41) is 3.12. The fourth-order valence-corrected chi connectivity index (χ4v) is 8.17. The van der Waals surface area contributed by atoms with Gasteiger partial charge in [-0.3, -0.25) is 19.4 Å². The molecule has 0 aromatic heterocycles. The number of carbonyl (C=O) groups is 3. The highest BCUT2D eigenvalue weighted by Gasteiger charge is 2.84. The van der Waals surface area contributed by atoms with Crippen LogP contribution in [0.1, 0.15) is 24.8 Å². The number of β-lactam (4-membered cyclic amide) rings is 1.